The number of furan rings is 1. The molecule has 0 amide bonds. The van der Waals surface area contributed by atoms with Gasteiger partial charge in [-0.25, -0.2) is 0 Å². The first-order valence-electron chi connectivity index (χ1n) is 6.72. The van der Waals surface area contributed by atoms with E-state index in [1.54, 1.807) is 6.07 Å². The van der Waals surface area contributed by atoms with E-state index in [9.17, 15) is 5.11 Å². The molecular weight excluding hydrogens is 238 g/mol. The quantitative estimate of drug-likeness (QED) is 0.850. The van der Waals surface area contributed by atoms with Gasteiger partial charge in [0.2, 0.25) is 0 Å². The van der Waals surface area contributed by atoms with Gasteiger partial charge >= 0.3 is 0 Å². The van der Waals surface area contributed by atoms with Crippen molar-refractivity contribution in [1.82, 2.24) is 5.32 Å². The fraction of sp³-hybridized carbons (Fsp3) is 0.375. The SMILES string of the molecule is CCC(NC(C)c1ccc(C)o1)c1ccccc1O. The zero-order valence-corrected chi connectivity index (χ0v) is 11.7. The van der Waals surface area contributed by atoms with Crippen molar-refractivity contribution in [1.29, 1.82) is 0 Å². The first kappa shape index (κ1) is 13.7. The Morgan fingerprint density at radius 3 is 2.53 bits per heavy atom. The Balaban J connectivity index is 2.13. The average molecular weight is 259 g/mol. The molecule has 0 aliphatic heterocycles. The Morgan fingerprint density at radius 1 is 1.21 bits per heavy atom. The summed E-state index contributed by atoms with van der Waals surface area (Å²) < 4.78 is 5.63. The molecule has 2 aromatic rings. The third-order valence-corrected chi connectivity index (χ3v) is 3.36. The number of hydrogen-bond donors (Lipinski definition) is 2. The summed E-state index contributed by atoms with van der Waals surface area (Å²) in [6.45, 7) is 6.11. The molecule has 1 aromatic heterocycles. The molecule has 2 unspecified atom stereocenters. The fourth-order valence-corrected chi connectivity index (χ4v) is 2.28. The molecule has 0 spiro atoms. The highest BCUT2D eigenvalue weighted by atomic mass is 16.3. The van der Waals surface area contributed by atoms with Gasteiger partial charge in [0, 0.05) is 11.6 Å². The van der Waals surface area contributed by atoms with E-state index < -0.39 is 0 Å². The van der Waals surface area contributed by atoms with Gasteiger partial charge in [-0.1, -0.05) is 25.1 Å². The van der Waals surface area contributed by atoms with Crippen LogP contribution in [-0.4, -0.2) is 5.11 Å². The molecule has 0 saturated heterocycles. The molecule has 1 heterocycles. The van der Waals surface area contributed by atoms with Crippen LogP contribution in [0.3, 0.4) is 0 Å². The third kappa shape index (κ3) is 3.18. The molecule has 3 heteroatoms. The van der Waals surface area contributed by atoms with Crippen LogP contribution in [0.4, 0.5) is 0 Å². The predicted octanol–water partition coefficient (Wildman–Crippen LogP) is 4.10. The van der Waals surface area contributed by atoms with Crippen LogP contribution in [0, 0.1) is 6.92 Å². The first-order valence-corrected chi connectivity index (χ1v) is 6.72. The predicted molar refractivity (Wildman–Crippen MR) is 76.1 cm³/mol. The van der Waals surface area contributed by atoms with Crippen molar-refractivity contribution >= 4 is 0 Å². The number of phenols is 1. The van der Waals surface area contributed by atoms with E-state index in [2.05, 4.69) is 19.2 Å². The van der Waals surface area contributed by atoms with Crippen molar-refractivity contribution < 1.29 is 9.52 Å². The Labute approximate surface area is 114 Å². The van der Waals surface area contributed by atoms with Crippen molar-refractivity contribution in [2.75, 3.05) is 0 Å². The lowest BCUT2D eigenvalue weighted by atomic mass is 10.0. The molecular formula is C16H21NO2. The Bertz CT molecular complexity index is 533. The van der Waals surface area contributed by atoms with Crippen LogP contribution in [0.25, 0.3) is 0 Å². The van der Waals surface area contributed by atoms with Crippen LogP contribution in [0.5, 0.6) is 5.75 Å². The maximum absolute atomic E-state index is 9.94. The highest BCUT2D eigenvalue weighted by molar-refractivity contribution is 5.34. The second-order valence-corrected chi connectivity index (χ2v) is 4.86. The summed E-state index contributed by atoms with van der Waals surface area (Å²) in [7, 11) is 0. The smallest absolute Gasteiger partial charge is 0.120 e. The van der Waals surface area contributed by atoms with E-state index in [0.717, 1.165) is 23.5 Å². The van der Waals surface area contributed by atoms with Gasteiger partial charge in [0.1, 0.15) is 17.3 Å². The van der Waals surface area contributed by atoms with E-state index >= 15 is 0 Å². The summed E-state index contributed by atoms with van der Waals surface area (Å²) in [5, 5.41) is 13.4. The molecule has 0 saturated carbocycles. The van der Waals surface area contributed by atoms with Gasteiger partial charge < -0.3 is 14.8 Å². The average Bonchev–Trinajstić information content (AvgIpc) is 2.83. The van der Waals surface area contributed by atoms with Crippen LogP contribution in [-0.2, 0) is 0 Å². The standard InChI is InChI=1S/C16H21NO2/c1-4-14(13-7-5-6-8-15(13)18)17-12(3)16-10-9-11(2)19-16/h5-10,12,14,17-18H,4H2,1-3H3. The highest BCUT2D eigenvalue weighted by Crippen LogP contribution is 2.28. The maximum atomic E-state index is 9.94. The Kier molecular flexibility index (Phi) is 4.27. The minimum atomic E-state index is 0.109. The topological polar surface area (TPSA) is 45.4 Å². The number of hydrogen-bond acceptors (Lipinski definition) is 3. The van der Waals surface area contributed by atoms with E-state index in [4.69, 9.17) is 4.42 Å². The second kappa shape index (κ2) is 5.93. The van der Waals surface area contributed by atoms with Crippen LogP contribution >= 0.6 is 0 Å². The zero-order chi connectivity index (χ0) is 13.8. The number of aryl methyl sites for hydroxylation is 1. The molecule has 2 N–H and O–H groups in total. The molecule has 0 fully saturated rings. The van der Waals surface area contributed by atoms with Crippen molar-refractivity contribution in [3.8, 4) is 5.75 Å². The zero-order valence-electron chi connectivity index (χ0n) is 11.7. The van der Waals surface area contributed by atoms with Crippen LogP contribution < -0.4 is 5.32 Å². The van der Waals surface area contributed by atoms with E-state index in [1.165, 1.54) is 0 Å². The number of nitrogens with one attached hydrogen (secondary N) is 1. The van der Waals surface area contributed by atoms with Crippen molar-refractivity contribution in [2.24, 2.45) is 0 Å². The molecule has 102 valence electrons. The number of aromatic hydroxyl groups is 1. The van der Waals surface area contributed by atoms with Crippen molar-refractivity contribution in [3.05, 3.63) is 53.5 Å². The second-order valence-electron chi connectivity index (χ2n) is 4.86. The maximum Gasteiger partial charge on any atom is 0.120 e. The molecule has 2 rings (SSSR count). The first-order chi connectivity index (χ1) is 9.11. The van der Waals surface area contributed by atoms with Crippen LogP contribution in [0.1, 0.15) is 49.4 Å². The van der Waals surface area contributed by atoms with Gasteiger partial charge in [0.05, 0.1) is 6.04 Å². The normalized spacial score (nSPS) is 14.3. The Morgan fingerprint density at radius 2 is 1.95 bits per heavy atom. The van der Waals surface area contributed by atoms with Gasteiger partial charge in [-0.05, 0) is 38.5 Å². The lowest BCUT2D eigenvalue weighted by molar-refractivity contribution is 0.370. The number of rotatable bonds is 5. The molecule has 1 aromatic carbocycles. The third-order valence-electron chi connectivity index (χ3n) is 3.36. The number of benzene rings is 1. The molecule has 0 bridgehead atoms. The summed E-state index contributed by atoms with van der Waals surface area (Å²) in [6, 6.07) is 11.6. The van der Waals surface area contributed by atoms with Gasteiger partial charge in [-0.3, -0.25) is 0 Å². The van der Waals surface area contributed by atoms with Gasteiger partial charge in [-0.15, -0.1) is 0 Å². The van der Waals surface area contributed by atoms with Crippen molar-refractivity contribution in [2.45, 2.75) is 39.3 Å². The largest absolute Gasteiger partial charge is 0.508 e. The van der Waals surface area contributed by atoms with Gasteiger partial charge in [0.25, 0.3) is 0 Å². The molecule has 0 aliphatic carbocycles. The molecule has 3 nitrogen and oxygen atoms in total. The summed E-state index contributed by atoms with van der Waals surface area (Å²) in [6.07, 6.45) is 0.904. The lowest BCUT2D eigenvalue weighted by Crippen LogP contribution is -2.24. The van der Waals surface area contributed by atoms with Crippen molar-refractivity contribution in [3.63, 3.8) is 0 Å². The molecule has 2 atom stereocenters. The molecule has 0 radical (unpaired) electrons. The monoisotopic (exact) mass is 259 g/mol. The number of phenolic OH excluding ortho intramolecular Hbond substituents is 1. The summed E-state index contributed by atoms with van der Waals surface area (Å²) in [4.78, 5) is 0. The Hall–Kier alpha value is -1.74. The minimum absolute atomic E-state index is 0.109. The number of para-hydroxylation sites is 1. The van der Waals surface area contributed by atoms with Gasteiger partial charge in [-0.2, -0.15) is 0 Å². The van der Waals surface area contributed by atoms with E-state index in [-0.39, 0.29) is 12.1 Å². The van der Waals surface area contributed by atoms with E-state index in [0.29, 0.717) is 5.75 Å². The molecule has 0 aliphatic rings. The summed E-state index contributed by atoms with van der Waals surface area (Å²) >= 11 is 0. The van der Waals surface area contributed by atoms with Crippen LogP contribution in [0.15, 0.2) is 40.8 Å². The lowest BCUT2D eigenvalue weighted by Gasteiger charge is -2.22. The minimum Gasteiger partial charge on any atom is -0.508 e. The summed E-state index contributed by atoms with van der Waals surface area (Å²) in [5.74, 6) is 2.18. The van der Waals surface area contributed by atoms with Crippen LogP contribution in [0.2, 0.25) is 0 Å². The van der Waals surface area contributed by atoms with Gasteiger partial charge in [0.15, 0.2) is 0 Å². The van der Waals surface area contributed by atoms with E-state index in [1.807, 2.05) is 37.3 Å². The highest BCUT2D eigenvalue weighted by Gasteiger charge is 2.18. The molecule has 19 heavy (non-hydrogen) atoms. The fourth-order valence-electron chi connectivity index (χ4n) is 2.28. The summed E-state index contributed by atoms with van der Waals surface area (Å²) in [5.41, 5.74) is 0.931.